The van der Waals surface area contributed by atoms with Crippen molar-refractivity contribution in [2.24, 2.45) is 0 Å². The van der Waals surface area contributed by atoms with Crippen molar-refractivity contribution in [1.29, 1.82) is 0 Å². The highest BCUT2D eigenvalue weighted by molar-refractivity contribution is 5.95. The summed E-state index contributed by atoms with van der Waals surface area (Å²) in [6, 6.07) is 13.5. The molecule has 6 nitrogen and oxygen atoms in total. The molecule has 0 spiro atoms. The maximum absolute atomic E-state index is 13.4. The summed E-state index contributed by atoms with van der Waals surface area (Å²) in [5, 5.41) is 3.57. The van der Waals surface area contributed by atoms with Gasteiger partial charge >= 0.3 is 6.36 Å². The van der Waals surface area contributed by atoms with Crippen molar-refractivity contribution in [1.82, 2.24) is 20.2 Å². The summed E-state index contributed by atoms with van der Waals surface area (Å²) in [6.45, 7) is 2.91. The van der Waals surface area contributed by atoms with Crippen LogP contribution < -0.4 is 10.1 Å². The first-order valence-electron chi connectivity index (χ1n) is 11.1. The maximum Gasteiger partial charge on any atom is 0.573 e. The fourth-order valence-electron chi connectivity index (χ4n) is 5.54. The molecule has 0 bridgehead atoms. The Bertz CT molecular complexity index is 1160. The van der Waals surface area contributed by atoms with E-state index in [0.717, 1.165) is 36.7 Å². The molecule has 1 aromatic heterocycles. The van der Waals surface area contributed by atoms with Gasteiger partial charge < -0.3 is 19.9 Å². The number of hydrogen-bond acceptors (Lipinski definition) is 4. The SMILES string of the molecule is CCN(C(=O)c1nc2ccccc2[nH]1)[C@@]12CCC[C@]1(NCc1cccc(OC(F)(F)F)c1)C2. The van der Waals surface area contributed by atoms with E-state index in [-0.39, 0.29) is 22.7 Å². The molecular formula is C24H25F3N4O2. The van der Waals surface area contributed by atoms with Crippen molar-refractivity contribution in [3.8, 4) is 5.75 Å². The highest BCUT2D eigenvalue weighted by atomic mass is 19.4. The summed E-state index contributed by atoms with van der Waals surface area (Å²) < 4.78 is 41.7. The zero-order valence-electron chi connectivity index (χ0n) is 18.2. The van der Waals surface area contributed by atoms with E-state index >= 15 is 0 Å². The average molecular weight is 458 g/mol. The third kappa shape index (κ3) is 3.84. The van der Waals surface area contributed by atoms with Crippen LogP contribution in [-0.4, -0.2) is 44.8 Å². The molecule has 2 aliphatic carbocycles. The molecule has 1 heterocycles. The second-order valence-corrected chi connectivity index (χ2v) is 8.84. The van der Waals surface area contributed by atoms with Gasteiger partial charge in [-0.25, -0.2) is 4.98 Å². The standard InChI is InChI=1S/C24H25F3N4O2/c1-2-31(21(32)20-29-18-9-3-4-10-19(18)30-20)23-12-6-11-22(23,15-23)28-14-16-7-5-8-17(13-16)33-24(25,26)27/h3-5,7-10,13,28H,2,6,11-12,14-15H2,1H3,(H,29,30)/t22-,23+/m0/s1. The number of carbonyl (C=O) groups is 1. The number of carbonyl (C=O) groups excluding carboxylic acids is 1. The minimum atomic E-state index is -4.72. The van der Waals surface area contributed by atoms with Crippen LogP contribution >= 0.6 is 0 Å². The molecule has 1 amide bonds. The van der Waals surface area contributed by atoms with Gasteiger partial charge in [-0.05, 0) is 62.4 Å². The van der Waals surface area contributed by atoms with Gasteiger partial charge in [0.15, 0.2) is 5.82 Å². The second kappa shape index (κ2) is 7.76. The number of aromatic amines is 1. The van der Waals surface area contributed by atoms with Gasteiger partial charge in [-0.1, -0.05) is 24.3 Å². The van der Waals surface area contributed by atoms with Crippen molar-refractivity contribution in [2.45, 2.75) is 56.6 Å². The predicted octanol–water partition coefficient (Wildman–Crippen LogP) is 4.78. The van der Waals surface area contributed by atoms with Crippen molar-refractivity contribution >= 4 is 16.9 Å². The third-order valence-electron chi connectivity index (χ3n) is 6.99. The molecule has 2 N–H and O–H groups in total. The lowest BCUT2D eigenvalue weighted by Gasteiger charge is -2.32. The van der Waals surface area contributed by atoms with Crippen molar-refractivity contribution in [3.63, 3.8) is 0 Å². The number of aromatic nitrogens is 2. The largest absolute Gasteiger partial charge is 0.573 e. The Kier molecular flexibility index (Phi) is 5.12. The molecule has 0 saturated heterocycles. The Balaban J connectivity index is 1.33. The van der Waals surface area contributed by atoms with Crippen LogP contribution in [0.5, 0.6) is 5.75 Å². The smallest absolute Gasteiger partial charge is 0.406 e. The molecule has 174 valence electrons. The minimum absolute atomic E-state index is 0.125. The molecule has 0 aliphatic heterocycles. The van der Waals surface area contributed by atoms with Crippen LogP contribution in [0.3, 0.4) is 0 Å². The number of para-hydroxylation sites is 2. The Labute approximate surface area is 189 Å². The van der Waals surface area contributed by atoms with E-state index < -0.39 is 6.36 Å². The zero-order chi connectivity index (χ0) is 23.3. The number of alkyl halides is 3. The number of fused-ring (bicyclic) bond motifs is 2. The topological polar surface area (TPSA) is 70.2 Å². The van der Waals surface area contributed by atoms with E-state index in [1.54, 1.807) is 12.1 Å². The van der Waals surface area contributed by atoms with E-state index in [1.807, 2.05) is 36.1 Å². The predicted molar refractivity (Wildman–Crippen MR) is 117 cm³/mol. The molecule has 2 fully saturated rings. The second-order valence-electron chi connectivity index (χ2n) is 8.84. The molecule has 33 heavy (non-hydrogen) atoms. The Morgan fingerprint density at radius 2 is 2.03 bits per heavy atom. The zero-order valence-corrected chi connectivity index (χ0v) is 18.2. The van der Waals surface area contributed by atoms with E-state index in [1.165, 1.54) is 12.1 Å². The van der Waals surface area contributed by atoms with Gasteiger partial charge in [-0.2, -0.15) is 0 Å². The van der Waals surface area contributed by atoms with Crippen LogP contribution in [0, 0.1) is 0 Å². The molecule has 2 atom stereocenters. The fraction of sp³-hybridized carbons (Fsp3) is 0.417. The van der Waals surface area contributed by atoms with Crippen molar-refractivity contribution in [2.75, 3.05) is 6.54 Å². The molecule has 2 saturated carbocycles. The van der Waals surface area contributed by atoms with Crippen LogP contribution in [0.4, 0.5) is 13.2 Å². The Morgan fingerprint density at radius 1 is 1.21 bits per heavy atom. The van der Waals surface area contributed by atoms with Gasteiger partial charge in [0, 0.05) is 18.6 Å². The number of nitrogens with one attached hydrogen (secondary N) is 2. The van der Waals surface area contributed by atoms with Crippen LogP contribution in [0.1, 0.15) is 48.8 Å². The number of hydrogen-bond donors (Lipinski definition) is 2. The number of nitrogens with zero attached hydrogens (tertiary/aromatic N) is 2. The normalized spacial score (nSPS) is 24.0. The number of H-pyrrole nitrogens is 1. The number of amides is 1. The van der Waals surface area contributed by atoms with Gasteiger partial charge in [-0.15, -0.1) is 13.2 Å². The van der Waals surface area contributed by atoms with E-state index in [0.29, 0.717) is 24.5 Å². The number of halogens is 3. The third-order valence-corrected chi connectivity index (χ3v) is 6.99. The molecular weight excluding hydrogens is 433 g/mol. The average Bonchev–Trinajstić information content (AvgIpc) is 3.07. The van der Waals surface area contributed by atoms with Gasteiger partial charge in [0.2, 0.25) is 0 Å². The summed E-state index contributed by atoms with van der Waals surface area (Å²) in [4.78, 5) is 23.0. The Hall–Kier alpha value is -3.07. The number of imidazole rings is 1. The summed E-state index contributed by atoms with van der Waals surface area (Å²) >= 11 is 0. The van der Waals surface area contributed by atoms with Gasteiger partial charge in [0.25, 0.3) is 5.91 Å². The van der Waals surface area contributed by atoms with Crippen molar-refractivity contribution in [3.05, 3.63) is 59.9 Å². The van der Waals surface area contributed by atoms with Crippen LogP contribution in [0.2, 0.25) is 0 Å². The lowest BCUT2D eigenvalue weighted by atomic mass is 10.1. The van der Waals surface area contributed by atoms with Gasteiger partial charge in [0.1, 0.15) is 5.75 Å². The quantitative estimate of drug-likeness (QED) is 0.535. The number of ether oxygens (including phenoxy) is 1. The molecule has 2 aromatic carbocycles. The monoisotopic (exact) mass is 458 g/mol. The van der Waals surface area contributed by atoms with Crippen LogP contribution in [0.25, 0.3) is 11.0 Å². The molecule has 0 unspecified atom stereocenters. The highest BCUT2D eigenvalue weighted by Crippen LogP contribution is 2.63. The highest BCUT2D eigenvalue weighted by Gasteiger charge is 2.73. The first kappa shape index (κ1) is 21.8. The molecule has 0 radical (unpaired) electrons. The van der Waals surface area contributed by atoms with Gasteiger partial charge in [-0.3, -0.25) is 4.79 Å². The van der Waals surface area contributed by atoms with E-state index in [9.17, 15) is 18.0 Å². The number of rotatable bonds is 7. The maximum atomic E-state index is 13.4. The molecule has 5 rings (SSSR count). The fourth-order valence-corrected chi connectivity index (χ4v) is 5.54. The molecule has 9 heteroatoms. The summed E-state index contributed by atoms with van der Waals surface area (Å²) in [5.74, 6) is -0.0278. The minimum Gasteiger partial charge on any atom is -0.406 e. The number of likely N-dealkylation sites (N-methyl/N-ethyl adjacent to an activating group) is 1. The van der Waals surface area contributed by atoms with E-state index in [2.05, 4.69) is 20.0 Å². The van der Waals surface area contributed by atoms with Gasteiger partial charge in [0.05, 0.1) is 16.6 Å². The lowest BCUT2D eigenvalue weighted by Crippen LogP contribution is -2.49. The number of benzene rings is 2. The summed E-state index contributed by atoms with van der Waals surface area (Å²) in [6.07, 6.45) is -1.13. The van der Waals surface area contributed by atoms with Crippen molar-refractivity contribution < 1.29 is 22.7 Å². The first-order chi connectivity index (χ1) is 15.8. The Morgan fingerprint density at radius 3 is 2.79 bits per heavy atom. The molecule has 2 aliphatic rings. The summed E-state index contributed by atoms with van der Waals surface area (Å²) in [7, 11) is 0. The summed E-state index contributed by atoms with van der Waals surface area (Å²) in [5.41, 5.74) is 1.72. The van der Waals surface area contributed by atoms with E-state index in [4.69, 9.17) is 0 Å². The van der Waals surface area contributed by atoms with Crippen LogP contribution in [-0.2, 0) is 6.54 Å². The first-order valence-corrected chi connectivity index (χ1v) is 11.1. The lowest BCUT2D eigenvalue weighted by molar-refractivity contribution is -0.274. The van der Waals surface area contributed by atoms with Crippen LogP contribution in [0.15, 0.2) is 48.5 Å². The molecule has 3 aromatic rings.